The molecule has 2 aliphatic rings. The Hall–Kier alpha value is -0.860. The topological polar surface area (TPSA) is 29.3 Å². The molecule has 21 heavy (non-hydrogen) atoms. The van der Waals surface area contributed by atoms with Crippen LogP contribution in [0, 0.1) is 26.7 Å². The molecule has 2 heteroatoms. The zero-order chi connectivity index (χ0) is 15.0. The van der Waals surface area contributed by atoms with E-state index in [1.165, 1.54) is 60.9 Å². The predicted molar refractivity (Wildman–Crippen MR) is 89.5 cm³/mol. The molecular weight excluding hydrogens is 256 g/mol. The predicted octanol–water partition coefficient (Wildman–Crippen LogP) is 3.88. The van der Waals surface area contributed by atoms with Crippen molar-refractivity contribution in [2.45, 2.75) is 65.0 Å². The highest BCUT2D eigenvalue weighted by Crippen LogP contribution is 2.37. The minimum Gasteiger partial charge on any atom is -0.323 e. The van der Waals surface area contributed by atoms with Crippen LogP contribution in [0.25, 0.3) is 0 Å². The van der Waals surface area contributed by atoms with Crippen molar-refractivity contribution < 1.29 is 0 Å². The van der Waals surface area contributed by atoms with Gasteiger partial charge in [0.05, 0.1) is 0 Å². The largest absolute Gasteiger partial charge is 0.323 e. The van der Waals surface area contributed by atoms with E-state index in [9.17, 15) is 0 Å². The van der Waals surface area contributed by atoms with Gasteiger partial charge in [-0.15, -0.1) is 0 Å². The summed E-state index contributed by atoms with van der Waals surface area (Å²) in [7, 11) is 0. The van der Waals surface area contributed by atoms with Crippen molar-refractivity contribution >= 4 is 0 Å². The normalized spacial score (nSPS) is 27.6. The smallest absolute Gasteiger partial charge is 0.0429 e. The fourth-order valence-electron chi connectivity index (χ4n) is 4.85. The summed E-state index contributed by atoms with van der Waals surface area (Å²) in [4.78, 5) is 2.69. The van der Waals surface area contributed by atoms with Crippen LogP contribution in [0.5, 0.6) is 0 Å². The standard InChI is InChI=1S/C19H30N2/c1-13-10-14(2)19(15(3)11-13)17(20)12-21-9-8-16-6-4-5-7-18(16)21/h10-11,16-18H,4-9,12,20H2,1-3H3. The van der Waals surface area contributed by atoms with Gasteiger partial charge < -0.3 is 5.73 Å². The van der Waals surface area contributed by atoms with E-state index in [4.69, 9.17) is 5.73 Å². The fraction of sp³-hybridized carbons (Fsp3) is 0.684. The molecule has 3 atom stereocenters. The SMILES string of the molecule is Cc1cc(C)c(C(N)CN2CCC3CCCCC32)c(C)c1. The lowest BCUT2D eigenvalue weighted by Gasteiger charge is -2.33. The molecule has 116 valence electrons. The summed E-state index contributed by atoms with van der Waals surface area (Å²) >= 11 is 0. The Morgan fingerprint density at radius 1 is 1.10 bits per heavy atom. The number of likely N-dealkylation sites (tertiary alicyclic amines) is 1. The van der Waals surface area contributed by atoms with Gasteiger partial charge in [-0.1, -0.05) is 30.5 Å². The first kappa shape index (κ1) is 15.1. The molecule has 0 amide bonds. The van der Waals surface area contributed by atoms with E-state index < -0.39 is 0 Å². The summed E-state index contributed by atoms with van der Waals surface area (Å²) in [6.45, 7) is 8.88. The van der Waals surface area contributed by atoms with Crippen LogP contribution in [0.4, 0.5) is 0 Å². The van der Waals surface area contributed by atoms with Gasteiger partial charge in [0.25, 0.3) is 0 Å². The summed E-state index contributed by atoms with van der Waals surface area (Å²) in [5.41, 5.74) is 12.0. The second-order valence-corrected chi connectivity index (χ2v) is 7.31. The summed E-state index contributed by atoms with van der Waals surface area (Å²) in [6.07, 6.45) is 7.08. The number of hydrogen-bond acceptors (Lipinski definition) is 2. The molecule has 1 aliphatic heterocycles. The Balaban J connectivity index is 1.73. The van der Waals surface area contributed by atoms with Crippen LogP contribution in [0.1, 0.15) is 60.4 Å². The molecule has 0 radical (unpaired) electrons. The first-order chi connectivity index (χ1) is 10.1. The molecule has 1 saturated heterocycles. The van der Waals surface area contributed by atoms with Gasteiger partial charge in [0.15, 0.2) is 0 Å². The van der Waals surface area contributed by atoms with Gasteiger partial charge >= 0.3 is 0 Å². The molecule has 1 aromatic rings. The number of aryl methyl sites for hydroxylation is 3. The summed E-state index contributed by atoms with van der Waals surface area (Å²) < 4.78 is 0. The number of fused-ring (bicyclic) bond motifs is 1. The van der Waals surface area contributed by atoms with Gasteiger partial charge in [-0.25, -0.2) is 0 Å². The monoisotopic (exact) mass is 286 g/mol. The molecule has 3 unspecified atom stereocenters. The summed E-state index contributed by atoms with van der Waals surface area (Å²) in [5.74, 6) is 0.950. The van der Waals surface area contributed by atoms with Crippen molar-refractivity contribution in [1.82, 2.24) is 4.90 Å². The Kier molecular flexibility index (Phi) is 4.37. The quantitative estimate of drug-likeness (QED) is 0.914. The maximum atomic E-state index is 6.61. The zero-order valence-electron chi connectivity index (χ0n) is 13.9. The minimum absolute atomic E-state index is 0.159. The third-order valence-corrected chi connectivity index (χ3v) is 5.67. The fourth-order valence-corrected chi connectivity index (χ4v) is 4.85. The highest BCUT2D eigenvalue weighted by atomic mass is 15.2. The van der Waals surface area contributed by atoms with Crippen molar-refractivity contribution in [2.75, 3.05) is 13.1 Å². The molecule has 0 aromatic heterocycles. The van der Waals surface area contributed by atoms with Gasteiger partial charge in [0.1, 0.15) is 0 Å². The van der Waals surface area contributed by atoms with Crippen molar-refractivity contribution in [1.29, 1.82) is 0 Å². The Morgan fingerprint density at radius 3 is 2.48 bits per heavy atom. The summed E-state index contributed by atoms with van der Waals surface area (Å²) in [6, 6.07) is 5.52. The van der Waals surface area contributed by atoms with E-state index >= 15 is 0 Å². The van der Waals surface area contributed by atoms with Crippen LogP contribution in [0.15, 0.2) is 12.1 Å². The van der Waals surface area contributed by atoms with Crippen LogP contribution >= 0.6 is 0 Å². The third kappa shape index (κ3) is 3.02. The van der Waals surface area contributed by atoms with Crippen molar-refractivity contribution in [2.24, 2.45) is 11.7 Å². The molecule has 1 aromatic carbocycles. The molecule has 2 nitrogen and oxygen atoms in total. The molecule has 2 fully saturated rings. The lowest BCUT2D eigenvalue weighted by molar-refractivity contribution is 0.174. The van der Waals surface area contributed by atoms with E-state index in [0.29, 0.717) is 0 Å². The van der Waals surface area contributed by atoms with E-state index in [2.05, 4.69) is 37.8 Å². The summed E-state index contributed by atoms with van der Waals surface area (Å²) in [5, 5.41) is 0. The van der Waals surface area contributed by atoms with Crippen LogP contribution < -0.4 is 5.73 Å². The van der Waals surface area contributed by atoms with Gasteiger partial charge in [-0.2, -0.15) is 0 Å². The van der Waals surface area contributed by atoms with Gasteiger partial charge in [0, 0.05) is 18.6 Å². The number of benzene rings is 1. The minimum atomic E-state index is 0.159. The van der Waals surface area contributed by atoms with Gasteiger partial charge in [0.2, 0.25) is 0 Å². The Morgan fingerprint density at radius 2 is 1.76 bits per heavy atom. The van der Waals surface area contributed by atoms with E-state index in [1.54, 1.807) is 0 Å². The Bertz CT molecular complexity index is 485. The maximum absolute atomic E-state index is 6.61. The molecule has 1 heterocycles. The van der Waals surface area contributed by atoms with Crippen molar-refractivity contribution in [3.8, 4) is 0 Å². The van der Waals surface area contributed by atoms with Crippen LogP contribution in [-0.2, 0) is 0 Å². The number of nitrogens with two attached hydrogens (primary N) is 1. The second-order valence-electron chi connectivity index (χ2n) is 7.31. The molecule has 1 saturated carbocycles. The van der Waals surface area contributed by atoms with Crippen molar-refractivity contribution in [3.63, 3.8) is 0 Å². The van der Waals surface area contributed by atoms with E-state index in [1.807, 2.05) is 0 Å². The lowest BCUT2D eigenvalue weighted by atomic mass is 9.85. The van der Waals surface area contributed by atoms with Crippen LogP contribution in [0.3, 0.4) is 0 Å². The van der Waals surface area contributed by atoms with Gasteiger partial charge in [-0.3, -0.25) is 4.90 Å². The average Bonchev–Trinajstić information content (AvgIpc) is 2.81. The molecule has 3 rings (SSSR count). The maximum Gasteiger partial charge on any atom is 0.0429 e. The van der Waals surface area contributed by atoms with Gasteiger partial charge in [-0.05, 0) is 69.2 Å². The van der Waals surface area contributed by atoms with E-state index in [0.717, 1.165) is 18.5 Å². The zero-order valence-corrected chi connectivity index (χ0v) is 13.9. The molecule has 0 bridgehead atoms. The first-order valence-electron chi connectivity index (χ1n) is 8.63. The number of rotatable bonds is 3. The third-order valence-electron chi connectivity index (χ3n) is 5.67. The molecule has 2 N–H and O–H groups in total. The van der Waals surface area contributed by atoms with Crippen LogP contribution in [-0.4, -0.2) is 24.0 Å². The van der Waals surface area contributed by atoms with E-state index in [-0.39, 0.29) is 6.04 Å². The number of hydrogen-bond donors (Lipinski definition) is 1. The highest BCUT2D eigenvalue weighted by molar-refractivity contribution is 5.39. The van der Waals surface area contributed by atoms with Crippen molar-refractivity contribution in [3.05, 3.63) is 34.4 Å². The lowest BCUT2D eigenvalue weighted by Crippen LogP contribution is -2.39. The number of nitrogens with zero attached hydrogens (tertiary/aromatic N) is 1. The first-order valence-corrected chi connectivity index (χ1v) is 8.63. The average molecular weight is 286 g/mol. The molecule has 0 spiro atoms. The highest BCUT2D eigenvalue weighted by Gasteiger charge is 2.36. The van der Waals surface area contributed by atoms with Crippen LogP contribution in [0.2, 0.25) is 0 Å². The molecule has 1 aliphatic carbocycles. The Labute approximate surface area is 129 Å². The molecular formula is C19H30N2. The second kappa shape index (κ2) is 6.10.